The lowest BCUT2D eigenvalue weighted by atomic mass is 10.0. The summed E-state index contributed by atoms with van der Waals surface area (Å²) in [4.78, 5) is 33.9. The molecule has 0 saturated heterocycles. The van der Waals surface area contributed by atoms with E-state index in [1.54, 1.807) is 31.7 Å². The molecule has 0 aliphatic carbocycles. The number of hydrogen-bond donors (Lipinski definition) is 2. The van der Waals surface area contributed by atoms with Crippen LogP contribution in [0.25, 0.3) is 11.1 Å². The van der Waals surface area contributed by atoms with Crippen molar-refractivity contribution < 1.29 is 14.3 Å². The Labute approximate surface area is 173 Å². The maximum Gasteiger partial charge on any atom is 0.274 e. The molecule has 9 heteroatoms. The summed E-state index contributed by atoms with van der Waals surface area (Å²) >= 11 is 0. The van der Waals surface area contributed by atoms with E-state index >= 15 is 0 Å². The van der Waals surface area contributed by atoms with Crippen LogP contribution in [0, 0.1) is 0 Å². The van der Waals surface area contributed by atoms with Gasteiger partial charge in [-0.15, -0.1) is 0 Å². The molecule has 154 valence electrons. The summed E-state index contributed by atoms with van der Waals surface area (Å²) in [6.07, 6.45) is 6.53. The van der Waals surface area contributed by atoms with Crippen molar-refractivity contribution in [3.05, 3.63) is 59.9 Å². The molecule has 0 atom stereocenters. The van der Waals surface area contributed by atoms with Gasteiger partial charge in [0, 0.05) is 44.5 Å². The number of nitrogens with one attached hydrogen (secondary N) is 2. The molecule has 2 N–H and O–H groups in total. The van der Waals surface area contributed by atoms with Crippen molar-refractivity contribution in [1.29, 1.82) is 0 Å². The zero-order chi connectivity index (χ0) is 20.9. The molecular formula is C21H22N6O3. The summed E-state index contributed by atoms with van der Waals surface area (Å²) in [5.41, 5.74) is 3.48. The second-order valence-electron chi connectivity index (χ2n) is 6.96. The molecule has 9 nitrogen and oxygen atoms in total. The summed E-state index contributed by atoms with van der Waals surface area (Å²) in [6, 6.07) is 7.48. The maximum atomic E-state index is 12.8. The first-order chi connectivity index (χ1) is 14.6. The van der Waals surface area contributed by atoms with Crippen LogP contribution < -0.4 is 10.6 Å². The Morgan fingerprint density at radius 2 is 1.83 bits per heavy atom. The van der Waals surface area contributed by atoms with Crippen molar-refractivity contribution in [2.24, 2.45) is 7.05 Å². The van der Waals surface area contributed by atoms with Gasteiger partial charge < -0.3 is 15.4 Å². The van der Waals surface area contributed by atoms with Crippen molar-refractivity contribution in [2.45, 2.75) is 12.8 Å². The van der Waals surface area contributed by atoms with Gasteiger partial charge in [0.05, 0.1) is 12.3 Å². The number of carbonyl (C=O) groups excluding carboxylic acids is 2. The van der Waals surface area contributed by atoms with E-state index in [9.17, 15) is 9.59 Å². The Kier molecular flexibility index (Phi) is 5.80. The van der Waals surface area contributed by atoms with Crippen LogP contribution in [0.15, 0.2) is 42.9 Å². The van der Waals surface area contributed by atoms with Crippen LogP contribution in [0.3, 0.4) is 0 Å². The van der Waals surface area contributed by atoms with Crippen LogP contribution in [0.1, 0.15) is 33.1 Å². The Bertz CT molecular complexity index is 1080. The van der Waals surface area contributed by atoms with Crippen LogP contribution in [0.2, 0.25) is 0 Å². The molecule has 2 amide bonds. The number of aryl methyl sites for hydroxylation is 2. The van der Waals surface area contributed by atoms with Crippen LogP contribution in [-0.2, 0) is 18.2 Å². The molecule has 3 aromatic heterocycles. The van der Waals surface area contributed by atoms with Crippen molar-refractivity contribution in [3.8, 4) is 11.1 Å². The molecule has 1 aliphatic rings. The van der Waals surface area contributed by atoms with Gasteiger partial charge in [-0.05, 0) is 48.2 Å². The third-order valence-electron chi connectivity index (χ3n) is 4.69. The number of anilines is 1. The number of fused-ring (bicyclic) bond motifs is 6. The van der Waals surface area contributed by atoms with Crippen molar-refractivity contribution in [2.75, 3.05) is 25.1 Å². The minimum Gasteiger partial charge on any atom is -0.380 e. The fourth-order valence-corrected chi connectivity index (χ4v) is 3.24. The molecule has 0 saturated carbocycles. The minimum atomic E-state index is -0.419. The van der Waals surface area contributed by atoms with Gasteiger partial charge in [0.2, 0.25) is 0 Å². The highest BCUT2D eigenvalue weighted by atomic mass is 16.5. The summed E-state index contributed by atoms with van der Waals surface area (Å²) in [7, 11) is 1.69. The predicted molar refractivity (Wildman–Crippen MR) is 110 cm³/mol. The number of pyridine rings is 2. The van der Waals surface area contributed by atoms with Crippen LogP contribution in [0.5, 0.6) is 0 Å². The van der Waals surface area contributed by atoms with Crippen molar-refractivity contribution in [3.63, 3.8) is 0 Å². The van der Waals surface area contributed by atoms with E-state index in [0.29, 0.717) is 25.4 Å². The summed E-state index contributed by atoms with van der Waals surface area (Å²) in [6.45, 7) is 1.31. The third-order valence-corrected chi connectivity index (χ3v) is 4.69. The molecule has 0 radical (unpaired) electrons. The smallest absolute Gasteiger partial charge is 0.274 e. The van der Waals surface area contributed by atoms with Gasteiger partial charge in [-0.3, -0.25) is 24.2 Å². The van der Waals surface area contributed by atoms with E-state index in [1.165, 1.54) is 4.68 Å². The molecule has 4 bridgehead atoms. The van der Waals surface area contributed by atoms with Crippen molar-refractivity contribution in [1.82, 2.24) is 25.1 Å². The summed E-state index contributed by atoms with van der Waals surface area (Å²) in [5.74, 6) is -0.797. The van der Waals surface area contributed by atoms with Gasteiger partial charge >= 0.3 is 0 Å². The minimum absolute atomic E-state index is 0.141. The fraction of sp³-hybridized carbons (Fsp3) is 0.286. The zero-order valence-corrected chi connectivity index (χ0v) is 16.6. The highest BCUT2D eigenvalue weighted by Crippen LogP contribution is 2.21. The van der Waals surface area contributed by atoms with Crippen molar-refractivity contribution >= 4 is 17.5 Å². The van der Waals surface area contributed by atoms with E-state index in [1.807, 2.05) is 18.2 Å². The largest absolute Gasteiger partial charge is 0.380 e. The summed E-state index contributed by atoms with van der Waals surface area (Å²) in [5, 5.41) is 9.67. The topological polar surface area (TPSA) is 111 Å². The molecule has 30 heavy (non-hydrogen) atoms. The molecule has 4 heterocycles. The Balaban J connectivity index is 1.68. The average molecular weight is 406 g/mol. The predicted octanol–water partition coefficient (Wildman–Crippen LogP) is 1.82. The Hall–Kier alpha value is -3.59. The maximum absolute atomic E-state index is 12.8. The van der Waals surface area contributed by atoms with E-state index < -0.39 is 5.91 Å². The Morgan fingerprint density at radius 1 is 1.03 bits per heavy atom. The highest BCUT2D eigenvalue weighted by Gasteiger charge is 2.19. The number of aromatic nitrogens is 4. The molecular weight excluding hydrogens is 384 g/mol. The molecule has 3 aromatic rings. The Morgan fingerprint density at radius 3 is 2.70 bits per heavy atom. The number of ether oxygens (including phenoxy) is 1. The quantitative estimate of drug-likeness (QED) is 0.589. The second kappa shape index (κ2) is 8.83. The van der Waals surface area contributed by atoms with E-state index in [-0.39, 0.29) is 17.3 Å². The van der Waals surface area contributed by atoms with Crippen LogP contribution in [0.4, 0.5) is 5.69 Å². The van der Waals surface area contributed by atoms with E-state index in [0.717, 1.165) is 29.7 Å². The van der Waals surface area contributed by atoms with Gasteiger partial charge in [-0.1, -0.05) is 0 Å². The number of nitrogens with zero attached hydrogens (tertiary/aromatic N) is 4. The highest BCUT2D eigenvalue weighted by molar-refractivity contribution is 6.07. The molecule has 0 aromatic carbocycles. The van der Waals surface area contributed by atoms with Crippen LogP contribution >= 0.6 is 0 Å². The molecule has 0 fully saturated rings. The van der Waals surface area contributed by atoms with Gasteiger partial charge in [0.1, 0.15) is 5.69 Å². The molecule has 1 aliphatic heterocycles. The monoisotopic (exact) mass is 406 g/mol. The van der Waals surface area contributed by atoms with Crippen LogP contribution in [-0.4, -0.2) is 51.3 Å². The number of carbonyl (C=O) groups is 2. The third kappa shape index (κ3) is 4.52. The number of rotatable bonds is 0. The van der Waals surface area contributed by atoms with E-state index in [2.05, 4.69) is 25.7 Å². The second-order valence-corrected chi connectivity index (χ2v) is 6.96. The number of hydrogen-bond acceptors (Lipinski definition) is 6. The van der Waals surface area contributed by atoms with Gasteiger partial charge in [-0.2, -0.15) is 5.10 Å². The van der Waals surface area contributed by atoms with Gasteiger partial charge in [-0.25, -0.2) is 0 Å². The molecule has 0 unspecified atom stereocenters. The lowest BCUT2D eigenvalue weighted by molar-refractivity contribution is 0.0908. The fourth-order valence-electron chi connectivity index (χ4n) is 3.24. The van der Waals surface area contributed by atoms with E-state index in [4.69, 9.17) is 4.74 Å². The first-order valence-corrected chi connectivity index (χ1v) is 9.72. The van der Waals surface area contributed by atoms with Gasteiger partial charge in [0.25, 0.3) is 11.8 Å². The lowest BCUT2D eigenvalue weighted by Gasteiger charge is -2.10. The molecule has 4 rings (SSSR count). The first-order valence-electron chi connectivity index (χ1n) is 9.72. The summed E-state index contributed by atoms with van der Waals surface area (Å²) < 4.78 is 7.08. The lowest BCUT2D eigenvalue weighted by Crippen LogP contribution is -2.29. The van der Waals surface area contributed by atoms with Gasteiger partial charge in [0.15, 0.2) is 5.69 Å². The normalized spacial score (nSPS) is 15.4. The SMILES string of the molecule is Cn1cc2c(n1)C(=O)NCCOCCCc1cc(ccn1)-c1ccnc(c1)C(=O)N2. The standard InChI is InChI=1S/C21H22N6O3/c1-27-13-18-19(26-27)21(29)24-8-10-30-9-2-3-16-11-14(4-6-22-16)15-5-7-23-17(12-15)20(28)25-18/h4-7,11-13H,2-3,8-10H2,1H3,(H,24,29)(H,25,28). The number of amides is 2. The average Bonchev–Trinajstić information content (AvgIpc) is 3.12. The first kappa shape index (κ1) is 19.7. The zero-order valence-electron chi connectivity index (χ0n) is 16.6. The molecule has 0 spiro atoms.